The predicted molar refractivity (Wildman–Crippen MR) is 79.8 cm³/mol. The molecule has 1 N–H and O–H groups in total. The molecule has 0 aliphatic carbocycles. The maximum atomic E-state index is 5.90. The first kappa shape index (κ1) is 15.0. The molecule has 0 spiro atoms. The highest BCUT2D eigenvalue weighted by atomic mass is 35.5. The predicted octanol–water partition coefficient (Wildman–Crippen LogP) is 4.26. The van der Waals surface area contributed by atoms with Crippen LogP contribution in [0.25, 0.3) is 0 Å². The summed E-state index contributed by atoms with van der Waals surface area (Å²) in [5, 5.41) is 8.17. The zero-order valence-corrected chi connectivity index (χ0v) is 13.0. The van der Waals surface area contributed by atoms with Gasteiger partial charge in [0.1, 0.15) is 0 Å². The van der Waals surface area contributed by atoms with Crippen molar-refractivity contribution in [3.63, 3.8) is 0 Å². The van der Waals surface area contributed by atoms with Gasteiger partial charge in [0, 0.05) is 17.0 Å². The molecule has 1 aromatic carbocycles. The Morgan fingerprint density at radius 3 is 2.25 bits per heavy atom. The maximum Gasteiger partial charge on any atom is 0.243 e. The van der Waals surface area contributed by atoms with E-state index >= 15 is 0 Å². The molecule has 0 saturated carbocycles. The van der Waals surface area contributed by atoms with Gasteiger partial charge in [0.15, 0.2) is 5.82 Å². The van der Waals surface area contributed by atoms with Crippen LogP contribution in [0.5, 0.6) is 0 Å². The molecule has 0 bridgehead atoms. The third-order valence-corrected chi connectivity index (χ3v) is 3.47. The Bertz CT molecular complexity index is 551. The smallest absolute Gasteiger partial charge is 0.243 e. The van der Waals surface area contributed by atoms with Crippen molar-refractivity contribution in [2.75, 3.05) is 0 Å². The van der Waals surface area contributed by atoms with Gasteiger partial charge in [0.25, 0.3) is 0 Å². The van der Waals surface area contributed by atoms with Gasteiger partial charge in [-0.25, -0.2) is 0 Å². The number of halogens is 1. The minimum absolute atomic E-state index is 0.000628. The van der Waals surface area contributed by atoms with Crippen molar-refractivity contribution in [2.24, 2.45) is 0 Å². The molecule has 2 rings (SSSR count). The van der Waals surface area contributed by atoms with E-state index < -0.39 is 0 Å². The van der Waals surface area contributed by atoms with Crippen LogP contribution in [0.1, 0.15) is 63.0 Å². The van der Waals surface area contributed by atoms with E-state index in [9.17, 15) is 0 Å². The lowest BCUT2D eigenvalue weighted by Crippen LogP contribution is -2.22. The summed E-state index contributed by atoms with van der Waals surface area (Å²) in [5.74, 6) is 1.63. The van der Waals surface area contributed by atoms with Crippen LogP contribution < -0.4 is 5.32 Å². The Hall–Kier alpha value is -1.39. The number of nitrogens with zero attached hydrogens (tertiary/aromatic N) is 2. The van der Waals surface area contributed by atoms with Crippen LogP contribution in [0.15, 0.2) is 28.8 Å². The molecule has 0 amide bonds. The first-order valence-corrected chi connectivity index (χ1v) is 7.20. The molecule has 4 nitrogen and oxygen atoms in total. The third-order valence-electron chi connectivity index (χ3n) is 3.21. The van der Waals surface area contributed by atoms with Crippen molar-refractivity contribution in [2.45, 2.75) is 45.7 Å². The van der Waals surface area contributed by atoms with Gasteiger partial charge < -0.3 is 4.52 Å². The summed E-state index contributed by atoms with van der Waals surface area (Å²) in [6.07, 6.45) is 0. The highest BCUT2D eigenvalue weighted by Gasteiger charge is 2.18. The van der Waals surface area contributed by atoms with E-state index in [1.807, 2.05) is 45.0 Å². The van der Waals surface area contributed by atoms with Gasteiger partial charge in [-0.05, 0) is 31.5 Å². The molecule has 2 unspecified atom stereocenters. The Morgan fingerprint density at radius 1 is 1.05 bits per heavy atom. The third kappa shape index (κ3) is 3.58. The van der Waals surface area contributed by atoms with Gasteiger partial charge >= 0.3 is 0 Å². The van der Waals surface area contributed by atoms with Crippen LogP contribution in [-0.4, -0.2) is 10.1 Å². The molecule has 0 aliphatic heterocycles. The fraction of sp³-hybridized carbons (Fsp3) is 0.467. The molecule has 1 heterocycles. The largest absolute Gasteiger partial charge is 0.338 e. The molecule has 2 aromatic rings. The first-order valence-electron chi connectivity index (χ1n) is 6.82. The van der Waals surface area contributed by atoms with Crippen molar-refractivity contribution in [1.29, 1.82) is 0 Å². The highest BCUT2D eigenvalue weighted by molar-refractivity contribution is 6.30. The van der Waals surface area contributed by atoms with Crippen LogP contribution in [0.4, 0.5) is 0 Å². The SMILES string of the molecule is CC(C)c1noc(C(C)NC(C)c2ccc(Cl)cc2)n1. The van der Waals surface area contributed by atoms with Crippen LogP contribution in [0, 0.1) is 0 Å². The lowest BCUT2D eigenvalue weighted by atomic mass is 10.1. The van der Waals surface area contributed by atoms with Gasteiger partial charge in [0.05, 0.1) is 6.04 Å². The summed E-state index contributed by atoms with van der Waals surface area (Å²) in [6, 6.07) is 7.99. The van der Waals surface area contributed by atoms with Crippen molar-refractivity contribution >= 4 is 11.6 Å². The minimum Gasteiger partial charge on any atom is -0.338 e. The van der Waals surface area contributed by atoms with Gasteiger partial charge in [-0.3, -0.25) is 5.32 Å². The zero-order chi connectivity index (χ0) is 14.7. The molecule has 0 aliphatic rings. The lowest BCUT2D eigenvalue weighted by Gasteiger charge is -2.17. The summed E-state index contributed by atoms with van der Waals surface area (Å²) in [5.41, 5.74) is 1.17. The fourth-order valence-electron chi connectivity index (χ4n) is 1.95. The molecule has 0 radical (unpaired) electrons. The van der Waals surface area contributed by atoms with Gasteiger partial charge in [0.2, 0.25) is 5.89 Å². The number of aromatic nitrogens is 2. The molecule has 20 heavy (non-hydrogen) atoms. The van der Waals surface area contributed by atoms with Gasteiger partial charge in [-0.15, -0.1) is 0 Å². The Morgan fingerprint density at radius 2 is 1.70 bits per heavy atom. The molecular formula is C15H20ClN3O. The molecule has 0 saturated heterocycles. The van der Waals surface area contributed by atoms with E-state index in [1.54, 1.807) is 0 Å². The fourth-order valence-corrected chi connectivity index (χ4v) is 2.08. The zero-order valence-electron chi connectivity index (χ0n) is 12.2. The highest BCUT2D eigenvalue weighted by Crippen LogP contribution is 2.21. The van der Waals surface area contributed by atoms with E-state index in [1.165, 1.54) is 5.56 Å². The van der Waals surface area contributed by atoms with Crippen LogP contribution >= 0.6 is 11.6 Å². The number of hydrogen-bond donors (Lipinski definition) is 1. The average Bonchev–Trinajstić information content (AvgIpc) is 2.89. The molecule has 2 atom stereocenters. The molecule has 108 valence electrons. The molecular weight excluding hydrogens is 274 g/mol. The van der Waals surface area contributed by atoms with Crippen LogP contribution in [0.2, 0.25) is 5.02 Å². The molecule has 5 heteroatoms. The van der Waals surface area contributed by atoms with Gasteiger partial charge in [-0.2, -0.15) is 4.98 Å². The second kappa shape index (κ2) is 6.37. The van der Waals surface area contributed by atoms with E-state index in [-0.39, 0.29) is 18.0 Å². The number of nitrogens with one attached hydrogen (secondary N) is 1. The van der Waals surface area contributed by atoms with Crippen molar-refractivity contribution < 1.29 is 4.52 Å². The number of rotatable bonds is 5. The molecule has 1 aromatic heterocycles. The molecule has 0 fully saturated rings. The Balaban J connectivity index is 2.02. The van der Waals surface area contributed by atoms with Crippen molar-refractivity contribution in [3.05, 3.63) is 46.6 Å². The topological polar surface area (TPSA) is 51.0 Å². The second-order valence-corrected chi connectivity index (χ2v) is 5.74. The van der Waals surface area contributed by atoms with E-state index in [2.05, 4.69) is 22.4 Å². The second-order valence-electron chi connectivity index (χ2n) is 5.31. The monoisotopic (exact) mass is 293 g/mol. The Labute approximate surface area is 124 Å². The van der Waals surface area contributed by atoms with Crippen molar-refractivity contribution in [1.82, 2.24) is 15.5 Å². The van der Waals surface area contributed by atoms with Crippen LogP contribution in [-0.2, 0) is 0 Å². The maximum absolute atomic E-state index is 5.90. The van der Waals surface area contributed by atoms with E-state index in [4.69, 9.17) is 16.1 Å². The van der Waals surface area contributed by atoms with Crippen molar-refractivity contribution in [3.8, 4) is 0 Å². The summed E-state index contributed by atoms with van der Waals surface area (Å²) in [6.45, 7) is 8.20. The van der Waals surface area contributed by atoms with Gasteiger partial charge in [-0.1, -0.05) is 42.7 Å². The minimum atomic E-state index is 0.000628. The summed E-state index contributed by atoms with van der Waals surface area (Å²) in [4.78, 5) is 4.41. The van der Waals surface area contributed by atoms with E-state index in [0.29, 0.717) is 5.89 Å². The Kier molecular flexibility index (Phi) is 4.78. The quantitative estimate of drug-likeness (QED) is 0.895. The van der Waals surface area contributed by atoms with Crippen LogP contribution in [0.3, 0.4) is 0 Å². The standard InChI is InChI=1S/C15H20ClN3O/c1-9(2)14-18-15(20-19-14)11(4)17-10(3)12-5-7-13(16)8-6-12/h5-11,17H,1-4H3. The van der Waals surface area contributed by atoms with E-state index in [0.717, 1.165) is 10.8 Å². The number of benzene rings is 1. The average molecular weight is 294 g/mol. The number of hydrogen-bond acceptors (Lipinski definition) is 4. The lowest BCUT2D eigenvalue weighted by molar-refractivity contribution is 0.324. The normalized spacial score (nSPS) is 14.5. The summed E-state index contributed by atoms with van der Waals surface area (Å²) >= 11 is 5.90. The summed E-state index contributed by atoms with van der Waals surface area (Å²) in [7, 11) is 0. The first-order chi connectivity index (χ1) is 9.47. The summed E-state index contributed by atoms with van der Waals surface area (Å²) < 4.78 is 5.30.